The van der Waals surface area contributed by atoms with Gasteiger partial charge in [0, 0.05) is 0 Å². The van der Waals surface area contributed by atoms with Crippen LogP contribution in [0.25, 0.3) is 0 Å². The Labute approximate surface area is 191 Å². The fraction of sp³-hybridized carbons (Fsp3) is 0.192. The number of imide groups is 1. The predicted molar refractivity (Wildman–Crippen MR) is 121 cm³/mol. The van der Waals surface area contributed by atoms with E-state index >= 15 is 0 Å². The van der Waals surface area contributed by atoms with Gasteiger partial charge in [0.05, 0.1) is 29.6 Å². The first-order chi connectivity index (χ1) is 16.1. The molecule has 0 bridgehead atoms. The van der Waals surface area contributed by atoms with Crippen molar-refractivity contribution in [3.8, 4) is 0 Å². The van der Waals surface area contributed by atoms with Gasteiger partial charge in [-0.15, -0.1) is 0 Å². The van der Waals surface area contributed by atoms with Gasteiger partial charge in [-0.05, 0) is 48.9 Å². The zero-order valence-corrected chi connectivity index (χ0v) is 18.0. The topological polar surface area (TPSA) is 76.2 Å². The number of fused-ring (bicyclic) bond motifs is 1. The Balaban J connectivity index is 1.49. The van der Waals surface area contributed by atoms with Crippen LogP contribution in [0.15, 0.2) is 84.9 Å². The molecule has 0 saturated carbocycles. The van der Waals surface area contributed by atoms with Crippen molar-refractivity contribution < 1.29 is 24.0 Å². The van der Waals surface area contributed by atoms with Crippen LogP contribution in [-0.2, 0) is 19.2 Å². The van der Waals surface area contributed by atoms with E-state index in [1.165, 1.54) is 0 Å². The molecule has 33 heavy (non-hydrogen) atoms. The van der Waals surface area contributed by atoms with E-state index in [0.717, 1.165) is 16.2 Å². The molecular formula is C26H22N2O5. The van der Waals surface area contributed by atoms with E-state index in [9.17, 15) is 14.4 Å². The fourth-order valence-electron chi connectivity index (χ4n) is 4.42. The number of hydrogen-bond acceptors (Lipinski definition) is 6. The average molecular weight is 442 g/mol. The summed E-state index contributed by atoms with van der Waals surface area (Å²) in [6.07, 6.45) is -0.937. The lowest BCUT2D eigenvalue weighted by Crippen LogP contribution is -2.37. The molecule has 0 N–H and O–H groups in total. The number of carbonyl (C=O) groups excluding carboxylic acids is 3. The second kappa shape index (κ2) is 8.52. The lowest BCUT2D eigenvalue weighted by molar-refractivity contribution is -0.126. The molecule has 2 fully saturated rings. The Kier molecular flexibility index (Phi) is 5.40. The Hall–Kier alpha value is -3.97. The van der Waals surface area contributed by atoms with Crippen LogP contribution < -0.4 is 9.96 Å². The van der Waals surface area contributed by atoms with Crippen molar-refractivity contribution in [2.75, 3.05) is 16.6 Å². The molecule has 7 heteroatoms. The van der Waals surface area contributed by atoms with E-state index in [0.29, 0.717) is 11.3 Å². The molecule has 0 aliphatic carbocycles. The summed E-state index contributed by atoms with van der Waals surface area (Å²) in [6, 6.07) is 24.8. The predicted octanol–water partition coefficient (Wildman–Crippen LogP) is 3.91. The molecule has 2 aliphatic heterocycles. The van der Waals surface area contributed by atoms with Crippen LogP contribution >= 0.6 is 0 Å². The molecule has 3 atom stereocenters. The number of esters is 1. The second-order valence-electron chi connectivity index (χ2n) is 7.85. The number of hydrogen-bond donors (Lipinski definition) is 0. The molecule has 5 rings (SSSR count). The smallest absolute Gasteiger partial charge is 0.338 e. The van der Waals surface area contributed by atoms with Gasteiger partial charge in [-0.2, -0.15) is 0 Å². The molecule has 2 saturated heterocycles. The van der Waals surface area contributed by atoms with Crippen LogP contribution in [0.5, 0.6) is 0 Å². The first-order valence-electron chi connectivity index (χ1n) is 10.8. The first-order valence-corrected chi connectivity index (χ1v) is 10.8. The maximum atomic E-state index is 13.6. The molecule has 3 aromatic rings. The zero-order chi connectivity index (χ0) is 22.9. The van der Waals surface area contributed by atoms with Gasteiger partial charge >= 0.3 is 5.97 Å². The molecule has 0 spiro atoms. The van der Waals surface area contributed by atoms with Gasteiger partial charge in [-0.1, -0.05) is 48.5 Å². The molecule has 166 valence electrons. The minimum Gasteiger partial charge on any atom is -0.462 e. The maximum absolute atomic E-state index is 13.6. The normalized spacial score (nSPS) is 21.9. The number of para-hydroxylation sites is 1. The van der Waals surface area contributed by atoms with E-state index in [-0.39, 0.29) is 12.5 Å². The Morgan fingerprint density at radius 3 is 2.12 bits per heavy atom. The van der Waals surface area contributed by atoms with Crippen molar-refractivity contribution in [1.29, 1.82) is 0 Å². The summed E-state index contributed by atoms with van der Waals surface area (Å²) in [6.45, 7) is 2.00. The SMILES string of the molecule is CCOC(=O)c1ccc(N2C(=O)[C@H]3[C@@H](c4ccccc4)N(c4ccccc4)O[C@H]3C2=O)cc1. The Bertz CT molecular complexity index is 1180. The average Bonchev–Trinajstić information content (AvgIpc) is 3.36. The van der Waals surface area contributed by atoms with Crippen molar-refractivity contribution in [3.05, 3.63) is 96.1 Å². The van der Waals surface area contributed by atoms with Crippen LogP contribution in [0.1, 0.15) is 28.9 Å². The van der Waals surface area contributed by atoms with Gasteiger partial charge in [0.2, 0.25) is 5.91 Å². The Morgan fingerprint density at radius 2 is 1.48 bits per heavy atom. The van der Waals surface area contributed by atoms with Gasteiger partial charge in [-0.3, -0.25) is 14.4 Å². The van der Waals surface area contributed by atoms with Crippen molar-refractivity contribution in [1.82, 2.24) is 0 Å². The second-order valence-corrected chi connectivity index (χ2v) is 7.85. The number of anilines is 2. The zero-order valence-electron chi connectivity index (χ0n) is 18.0. The van der Waals surface area contributed by atoms with Gasteiger partial charge < -0.3 is 4.74 Å². The highest BCUT2D eigenvalue weighted by Gasteiger charge is 2.60. The minimum atomic E-state index is -0.937. The number of rotatable bonds is 5. The number of carbonyl (C=O) groups is 3. The van der Waals surface area contributed by atoms with Gasteiger partial charge in [0.15, 0.2) is 6.10 Å². The van der Waals surface area contributed by atoms with Gasteiger partial charge in [0.25, 0.3) is 5.91 Å². The molecule has 0 unspecified atom stereocenters. The third-order valence-electron chi connectivity index (χ3n) is 5.90. The standard InChI is InChI=1S/C26H22N2O5/c1-2-32-26(31)18-13-15-19(16-14-18)27-24(29)21-22(17-9-5-3-6-10-17)28(33-23(21)25(27)30)20-11-7-4-8-12-20/h3-16,21-23H,2H2,1H3/t21-,22+,23+/m0/s1. The van der Waals surface area contributed by atoms with Gasteiger partial charge in [-0.25, -0.2) is 14.8 Å². The van der Waals surface area contributed by atoms with Crippen LogP contribution in [0.2, 0.25) is 0 Å². The molecule has 3 aromatic carbocycles. The Morgan fingerprint density at radius 1 is 0.848 bits per heavy atom. The molecule has 2 amide bonds. The first kappa shape index (κ1) is 20.9. The van der Waals surface area contributed by atoms with Crippen molar-refractivity contribution in [2.24, 2.45) is 5.92 Å². The molecule has 2 heterocycles. The van der Waals surface area contributed by atoms with Crippen LogP contribution in [0.4, 0.5) is 11.4 Å². The van der Waals surface area contributed by atoms with E-state index in [4.69, 9.17) is 9.57 Å². The molecule has 7 nitrogen and oxygen atoms in total. The third kappa shape index (κ3) is 3.56. The number of ether oxygens (including phenoxy) is 1. The monoisotopic (exact) mass is 442 g/mol. The highest BCUT2D eigenvalue weighted by Crippen LogP contribution is 2.47. The van der Waals surface area contributed by atoms with Crippen LogP contribution in [0.3, 0.4) is 0 Å². The van der Waals surface area contributed by atoms with Crippen molar-refractivity contribution in [2.45, 2.75) is 19.1 Å². The van der Waals surface area contributed by atoms with Crippen LogP contribution in [-0.4, -0.2) is 30.5 Å². The number of amides is 2. The largest absolute Gasteiger partial charge is 0.462 e. The highest BCUT2D eigenvalue weighted by molar-refractivity contribution is 6.24. The summed E-state index contributed by atoms with van der Waals surface area (Å²) in [5, 5.41) is 1.67. The molecule has 2 aliphatic rings. The quantitative estimate of drug-likeness (QED) is 0.441. The maximum Gasteiger partial charge on any atom is 0.338 e. The summed E-state index contributed by atoms with van der Waals surface area (Å²) in [5.41, 5.74) is 2.41. The van der Waals surface area contributed by atoms with Crippen molar-refractivity contribution >= 4 is 29.2 Å². The van der Waals surface area contributed by atoms with Crippen LogP contribution in [0, 0.1) is 5.92 Å². The molecular weight excluding hydrogens is 420 g/mol. The number of hydroxylamine groups is 1. The lowest BCUT2D eigenvalue weighted by atomic mass is 9.90. The third-order valence-corrected chi connectivity index (χ3v) is 5.90. The summed E-state index contributed by atoms with van der Waals surface area (Å²) >= 11 is 0. The van der Waals surface area contributed by atoms with E-state index in [2.05, 4.69) is 0 Å². The summed E-state index contributed by atoms with van der Waals surface area (Å²) < 4.78 is 5.00. The summed E-state index contributed by atoms with van der Waals surface area (Å²) in [5.74, 6) is -1.91. The molecule has 0 aromatic heterocycles. The highest BCUT2D eigenvalue weighted by atomic mass is 16.7. The van der Waals surface area contributed by atoms with E-state index < -0.39 is 29.9 Å². The van der Waals surface area contributed by atoms with Crippen molar-refractivity contribution in [3.63, 3.8) is 0 Å². The lowest BCUT2D eigenvalue weighted by Gasteiger charge is -2.28. The fourth-order valence-corrected chi connectivity index (χ4v) is 4.42. The summed E-state index contributed by atoms with van der Waals surface area (Å²) in [7, 11) is 0. The number of benzene rings is 3. The van der Waals surface area contributed by atoms with Gasteiger partial charge in [0.1, 0.15) is 5.92 Å². The minimum absolute atomic E-state index is 0.267. The summed E-state index contributed by atoms with van der Waals surface area (Å²) in [4.78, 5) is 46.1. The molecule has 0 radical (unpaired) electrons. The number of nitrogens with zero attached hydrogens (tertiary/aromatic N) is 2. The van der Waals surface area contributed by atoms with E-state index in [1.807, 2.05) is 60.7 Å². The van der Waals surface area contributed by atoms with E-state index in [1.54, 1.807) is 36.3 Å².